The summed E-state index contributed by atoms with van der Waals surface area (Å²) in [5.74, 6) is -0.354. The molecule has 0 aromatic carbocycles. The van der Waals surface area contributed by atoms with Crippen molar-refractivity contribution < 1.29 is 32.8 Å². The van der Waals surface area contributed by atoms with Crippen LogP contribution in [0.5, 0.6) is 0 Å². The molecular formula is C45H88NO7P. The van der Waals surface area contributed by atoms with Crippen LogP contribution in [0, 0.1) is 0 Å². The van der Waals surface area contributed by atoms with Crippen molar-refractivity contribution in [2.45, 2.75) is 232 Å². The summed E-state index contributed by atoms with van der Waals surface area (Å²) in [5.41, 5.74) is 5.37. The molecule has 0 aliphatic carbocycles. The van der Waals surface area contributed by atoms with Crippen molar-refractivity contribution in [2.24, 2.45) is 5.73 Å². The quantitative estimate of drug-likeness (QED) is 0.0206. The minimum Gasteiger partial charge on any atom is -0.498 e. The summed E-state index contributed by atoms with van der Waals surface area (Å²) in [5, 5.41) is 0. The van der Waals surface area contributed by atoms with Gasteiger partial charge in [0, 0.05) is 13.0 Å². The van der Waals surface area contributed by atoms with Crippen molar-refractivity contribution >= 4 is 13.8 Å². The van der Waals surface area contributed by atoms with Crippen LogP contribution in [0.25, 0.3) is 0 Å². The number of phosphoric acid groups is 1. The fraction of sp³-hybridized carbons (Fsp3) is 0.889. The Morgan fingerprint density at radius 1 is 0.556 bits per heavy atom. The highest BCUT2D eigenvalue weighted by atomic mass is 31.2. The number of esters is 1. The molecule has 0 saturated heterocycles. The van der Waals surface area contributed by atoms with Crippen LogP contribution in [0.1, 0.15) is 226 Å². The molecule has 0 fully saturated rings. The van der Waals surface area contributed by atoms with Crippen LogP contribution in [-0.4, -0.2) is 43.3 Å². The molecule has 0 aromatic rings. The number of phosphoric ester groups is 1. The smallest absolute Gasteiger partial charge is 0.472 e. The van der Waals surface area contributed by atoms with Gasteiger partial charge in [-0.2, -0.15) is 0 Å². The topological polar surface area (TPSA) is 117 Å². The molecule has 3 N–H and O–H groups in total. The maximum absolute atomic E-state index is 12.6. The van der Waals surface area contributed by atoms with Crippen molar-refractivity contribution in [3.63, 3.8) is 0 Å². The Morgan fingerprint density at radius 3 is 1.37 bits per heavy atom. The van der Waals surface area contributed by atoms with Gasteiger partial charge in [-0.25, -0.2) is 4.57 Å². The Hall–Kier alpha value is -1.18. The minimum absolute atomic E-state index is 0.0340. The van der Waals surface area contributed by atoms with Gasteiger partial charge in [-0.15, -0.1) is 0 Å². The summed E-state index contributed by atoms with van der Waals surface area (Å²) >= 11 is 0. The summed E-state index contributed by atoms with van der Waals surface area (Å²) in [4.78, 5) is 22.5. The summed E-state index contributed by atoms with van der Waals surface area (Å²) < 4.78 is 33.2. The highest BCUT2D eigenvalue weighted by molar-refractivity contribution is 7.47. The second-order valence-electron chi connectivity index (χ2n) is 15.3. The molecule has 0 heterocycles. The van der Waals surface area contributed by atoms with Gasteiger partial charge >= 0.3 is 13.8 Å². The van der Waals surface area contributed by atoms with Crippen LogP contribution < -0.4 is 5.73 Å². The van der Waals surface area contributed by atoms with Gasteiger partial charge in [0.25, 0.3) is 0 Å². The van der Waals surface area contributed by atoms with E-state index in [2.05, 4.69) is 26.0 Å². The van der Waals surface area contributed by atoms with Crippen LogP contribution in [0.15, 0.2) is 24.5 Å². The standard InChI is InChI=1S/C45H88NO7P/c1-3-5-7-9-11-13-15-17-19-21-22-23-24-26-28-30-32-34-36-38-45(47)53-44(43-52-54(48,49)51-41-39-46)42-50-40-37-35-33-31-29-27-25-20-18-16-14-12-10-8-6-4-2/h21-22,37,40,44H,3-20,23-36,38-39,41-43,46H2,1-2H3,(H,48,49)/b22-21-,40-37-/t44-/m1/s1. The summed E-state index contributed by atoms with van der Waals surface area (Å²) in [6.07, 6.45) is 48.6. The van der Waals surface area contributed by atoms with Gasteiger partial charge in [-0.05, 0) is 51.0 Å². The van der Waals surface area contributed by atoms with Crippen LogP contribution in [0.3, 0.4) is 0 Å². The molecule has 0 radical (unpaired) electrons. The van der Waals surface area contributed by atoms with E-state index in [1.165, 1.54) is 173 Å². The van der Waals surface area contributed by atoms with E-state index < -0.39 is 13.9 Å². The molecule has 54 heavy (non-hydrogen) atoms. The minimum atomic E-state index is -4.29. The van der Waals surface area contributed by atoms with Crippen LogP contribution in [-0.2, 0) is 27.9 Å². The van der Waals surface area contributed by atoms with E-state index in [1.54, 1.807) is 6.26 Å². The van der Waals surface area contributed by atoms with E-state index in [1.807, 2.05) is 6.08 Å². The van der Waals surface area contributed by atoms with E-state index in [9.17, 15) is 14.3 Å². The summed E-state index contributed by atoms with van der Waals surface area (Å²) in [6, 6.07) is 0. The number of carbonyl (C=O) groups is 1. The number of hydrogen-bond acceptors (Lipinski definition) is 7. The van der Waals surface area contributed by atoms with E-state index in [0.29, 0.717) is 6.42 Å². The zero-order valence-corrected chi connectivity index (χ0v) is 36.4. The van der Waals surface area contributed by atoms with E-state index >= 15 is 0 Å². The third kappa shape index (κ3) is 42.0. The number of rotatable bonds is 44. The summed E-state index contributed by atoms with van der Waals surface area (Å²) in [7, 11) is -4.29. The van der Waals surface area contributed by atoms with E-state index in [-0.39, 0.29) is 32.3 Å². The largest absolute Gasteiger partial charge is 0.498 e. The third-order valence-corrected chi connectivity index (χ3v) is 10.9. The Labute approximate surface area is 334 Å². The molecule has 9 heteroatoms. The molecule has 8 nitrogen and oxygen atoms in total. The number of hydrogen-bond donors (Lipinski definition) is 2. The van der Waals surface area contributed by atoms with Gasteiger partial charge in [-0.1, -0.05) is 187 Å². The number of carbonyl (C=O) groups excluding carboxylic acids is 1. The van der Waals surface area contributed by atoms with Crippen molar-refractivity contribution in [3.05, 3.63) is 24.5 Å². The van der Waals surface area contributed by atoms with Gasteiger partial charge in [0.15, 0.2) is 6.10 Å². The number of unbranched alkanes of at least 4 members (excludes halogenated alkanes) is 29. The lowest BCUT2D eigenvalue weighted by atomic mass is 10.0. The maximum atomic E-state index is 12.6. The van der Waals surface area contributed by atoms with Gasteiger partial charge in [-0.3, -0.25) is 13.8 Å². The number of allylic oxidation sites excluding steroid dienone is 3. The molecule has 0 aromatic heterocycles. The summed E-state index contributed by atoms with van der Waals surface area (Å²) in [6.45, 7) is 4.27. The molecule has 0 amide bonds. The molecule has 0 spiro atoms. The first-order chi connectivity index (χ1) is 26.4. The van der Waals surface area contributed by atoms with Gasteiger partial charge in [0.2, 0.25) is 0 Å². The molecule has 0 aliphatic heterocycles. The molecule has 0 saturated carbocycles. The van der Waals surface area contributed by atoms with Crippen LogP contribution in [0.2, 0.25) is 0 Å². The van der Waals surface area contributed by atoms with Crippen molar-refractivity contribution in [1.29, 1.82) is 0 Å². The lowest BCUT2D eigenvalue weighted by molar-refractivity contribution is -0.153. The van der Waals surface area contributed by atoms with E-state index in [4.69, 9.17) is 24.3 Å². The third-order valence-electron chi connectivity index (χ3n) is 9.94. The molecular weight excluding hydrogens is 697 g/mol. The molecule has 0 bridgehead atoms. The van der Waals surface area contributed by atoms with Gasteiger partial charge in [0.05, 0.1) is 19.5 Å². The Bertz CT molecular complexity index is 884. The first kappa shape index (κ1) is 52.8. The number of ether oxygens (including phenoxy) is 2. The molecule has 1 unspecified atom stereocenters. The normalized spacial score (nSPS) is 13.6. The van der Waals surface area contributed by atoms with Crippen molar-refractivity contribution in [3.8, 4) is 0 Å². The second-order valence-corrected chi connectivity index (χ2v) is 16.8. The predicted octanol–water partition coefficient (Wildman–Crippen LogP) is 14.0. The highest BCUT2D eigenvalue weighted by Crippen LogP contribution is 2.43. The molecule has 0 aliphatic rings. The zero-order valence-electron chi connectivity index (χ0n) is 35.5. The van der Waals surface area contributed by atoms with Crippen molar-refractivity contribution in [1.82, 2.24) is 0 Å². The molecule has 2 atom stereocenters. The van der Waals surface area contributed by atoms with Crippen LogP contribution in [0.4, 0.5) is 0 Å². The second kappa shape index (κ2) is 43.0. The lowest BCUT2D eigenvalue weighted by Gasteiger charge is -2.19. The highest BCUT2D eigenvalue weighted by Gasteiger charge is 2.25. The van der Waals surface area contributed by atoms with Gasteiger partial charge in [0.1, 0.15) is 6.61 Å². The Kier molecular flexibility index (Phi) is 42.0. The Balaban J connectivity index is 4.03. The SMILES string of the molecule is CCCCCCCCCC/C=C\CCCCCCCCCC(=O)O[C@H](CO/C=C\CCCCCCCCCCCCCCCC)COP(=O)(O)OCCN. The molecule has 320 valence electrons. The van der Waals surface area contributed by atoms with E-state index in [0.717, 1.165) is 32.1 Å². The van der Waals surface area contributed by atoms with Crippen LogP contribution >= 0.6 is 7.82 Å². The average Bonchev–Trinajstić information content (AvgIpc) is 3.16. The van der Waals surface area contributed by atoms with Crippen molar-refractivity contribution in [2.75, 3.05) is 26.4 Å². The Morgan fingerprint density at radius 2 is 0.944 bits per heavy atom. The maximum Gasteiger partial charge on any atom is 0.472 e. The van der Waals surface area contributed by atoms with Gasteiger partial charge < -0.3 is 20.1 Å². The monoisotopic (exact) mass is 786 g/mol. The fourth-order valence-electron chi connectivity index (χ4n) is 6.55. The first-order valence-electron chi connectivity index (χ1n) is 22.9. The number of nitrogens with two attached hydrogens (primary N) is 1. The average molecular weight is 786 g/mol. The first-order valence-corrected chi connectivity index (χ1v) is 24.4. The predicted molar refractivity (Wildman–Crippen MR) is 229 cm³/mol. The molecule has 0 rings (SSSR count). The zero-order chi connectivity index (χ0) is 39.5. The fourth-order valence-corrected chi connectivity index (χ4v) is 7.31. The lowest BCUT2D eigenvalue weighted by Crippen LogP contribution is -2.27.